The van der Waals surface area contributed by atoms with E-state index in [9.17, 15) is 9.18 Å². The molecule has 26 heavy (non-hydrogen) atoms. The Morgan fingerprint density at radius 2 is 1.96 bits per heavy atom. The summed E-state index contributed by atoms with van der Waals surface area (Å²) in [5.74, 6) is -0.554. The van der Waals surface area contributed by atoms with Gasteiger partial charge >= 0.3 is 0 Å². The lowest BCUT2D eigenvalue weighted by atomic mass is 10.1. The molecule has 4 nitrogen and oxygen atoms in total. The SMILES string of the molecule is Cc1ccc(NC(=O)CSc2nccn2-c2ccc(C)c(C)c2)c(F)c1. The van der Waals surface area contributed by atoms with Gasteiger partial charge in [0.25, 0.3) is 0 Å². The van der Waals surface area contributed by atoms with Gasteiger partial charge in [-0.05, 0) is 61.7 Å². The molecule has 1 aromatic heterocycles. The third-order valence-electron chi connectivity index (χ3n) is 4.11. The summed E-state index contributed by atoms with van der Waals surface area (Å²) in [5.41, 5.74) is 4.42. The van der Waals surface area contributed by atoms with Crippen LogP contribution in [0.25, 0.3) is 5.69 Å². The van der Waals surface area contributed by atoms with E-state index in [2.05, 4.69) is 36.3 Å². The molecule has 2 aromatic carbocycles. The molecule has 1 amide bonds. The van der Waals surface area contributed by atoms with Crippen LogP contribution in [-0.4, -0.2) is 21.2 Å². The quantitative estimate of drug-likeness (QED) is 0.665. The first-order valence-electron chi connectivity index (χ1n) is 8.24. The van der Waals surface area contributed by atoms with E-state index in [1.54, 1.807) is 25.3 Å². The molecule has 0 spiro atoms. The highest BCUT2D eigenvalue weighted by Crippen LogP contribution is 2.23. The molecule has 3 aromatic rings. The molecule has 0 fully saturated rings. The number of carbonyl (C=O) groups excluding carboxylic acids is 1. The fourth-order valence-electron chi connectivity index (χ4n) is 2.51. The fraction of sp³-hybridized carbons (Fsp3) is 0.200. The number of imidazole rings is 1. The molecule has 0 bridgehead atoms. The minimum Gasteiger partial charge on any atom is -0.323 e. The third-order valence-corrected chi connectivity index (χ3v) is 5.07. The molecule has 0 aliphatic carbocycles. The van der Waals surface area contributed by atoms with Gasteiger partial charge in [-0.1, -0.05) is 23.9 Å². The van der Waals surface area contributed by atoms with Crippen molar-refractivity contribution in [1.82, 2.24) is 9.55 Å². The Morgan fingerprint density at radius 3 is 2.69 bits per heavy atom. The van der Waals surface area contributed by atoms with Gasteiger partial charge in [-0.25, -0.2) is 9.37 Å². The Labute approximate surface area is 156 Å². The average Bonchev–Trinajstić information content (AvgIpc) is 3.06. The van der Waals surface area contributed by atoms with Crippen molar-refractivity contribution in [3.05, 3.63) is 71.3 Å². The van der Waals surface area contributed by atoms with Gasteiger partial charge in [0.2, 0.25) is 5.91 Å². The van der Waals surface area contributed by atoms with Crippen LogP contribution >= 0.6 is 11.8 Å². The van der Waals surface area contributed by atoms with E-state index < -0.39 is 5.82 Å². The monoisotopic (exact) mass is 369 g/mol. The second kappa shape index (κ2) is 7.74. The highest BCUT2D eigenvalue weighted by Gasteiger charge is 2.11. The van der Waals surface area contributed by atoms with E-state index >= 15 is 0 Å². The number of rotatable bonds is 5. The van der Waals surface area contributed by atoms with Crippen LogP contribution in [0.4, 0.5) is 10.1 Å². The highest BCUT2D eigenvalue weighted by atomic mass is 32.2. The Morgan fingerprint density at radius 1 is 1.15 bits per heavy atom. The van der Waals surface area contributed by atoms with Gasteiger partial charge in [-0.3, -0.25) is 9.36 Å². The van der Waals surface area contributed by atoms with Gasteiger partial charge in [-0.2, -0.15) is 0 Å². The maximum atomic E-state index is 13.8. The zero-order valence-corrected chi connectivity index (χ0v) is 15.7. The van der Waals surface area contributed by atoms with E-state index in [0.717, 1.165) is 11.3 Å². The summed E-state index contributed by atoms with van der Waals surface area (Å²) in [4.78, 5) is 16.5. The highest BCUT2D eigenvalue weighted by molar-refractivity contribution is 7.99. The summed E-state index contributed by atoms with van der Waals surface area (Å²) in [6, 6.07) is 10.9. The van der Waals surface area contributed by atoms with Crippen molar-refractivity contribution in [2.45, 2.75) is 25.9 Å². The van der Waals surface area contributed by atoms with Crippen LogP contribution in [0.5, 0.6) is 0 Å². The molecule has 0 atom stereocenters. The Kier molecular flexibility index (Phi) is 5.42. The fourth-order valence-corrected chi connectivity index (χ4v) is 3.28. The number of anilines is 1. The van der Waals surface area contributed by atoms with E-state index in [4.69, 9.17) is 0 Å². The molecule has 0 saturated carbocycles. The van der Waals surface area contributed by atoms with Crippen LogP contribution < -0.4 is 5.32 Å². The maximum absolute atomic E-state index is 13.8. The summed E-state index contributed by atoms with van der Waals surface area (Å²) in [7, 11) is 0. The number of benzene rings is 2. The van der Waals surface area contributed by atoms with E-state index in [1.165, 1.54) is 29.0 Å². The molecule has 0 aliphatic rings. The van der Waals surface area contributed by atoms with Crippen molar-refractivity contribution in [2.24, 2.45) is 0 Å². The zero-order chi connectivity index (χ0) is 18.7. The predicted octanol–water partition coefficient (Wildman–Crippen LogP) is 4.67. The molecule has 0 aliphatic heterocycles. The summed E-state index contributed by atoms with van der Waals surface area (Å²) in [6.07, 6.45) is 3.57. The minimum absolute atomic E-state index is 0.148. The molecular formula is C20H20FN3OS. The molecule has 0 saturated heterocycles. The van der Waals surface area contributed by atoms with Crippen LogP contribution in [0.3, 0.4) is 0 Å². The van der Waals surface area contributed by atoms with Gasteiger partial charge < -0.3 is 5.32 Å². The summed E-state index contributed by atoms with van der Waals surface area (Å²) in [6.45, 7) is 5.93. The summed E-state index contributed by atoms with van der Waals surface area (Å²) < 4.78 is 15.8. The van der Waals surface area contributed by atoms with Crippen molar-refractivity contribution < 1.29 is 9.18 Å². The summed E-state index contributed by atoms with van der Waals surface area (Å²) >= 11 is 1.31. The van der Waals surface area contributed by atoms with Crippen LogP contribution in [0.2, 0.25) is 0 Å². The molecule has 0 radical (unpaired) electrons. The number of hydrogen-bond acceptors (Lipinski definition) is 3. The second-order valence-electron chi connectivity index (χ2n) is 6.17. The number of aryl methyl sites for hydroxylation is 3. The first kappa shape index (κ1) is 18.2. The van der Waals surface area contributed by atoms with E-state index in [0.29, 0.717) is 5.16 Å². The van der Waals surface area contributed by atoms with Gasteiger partial charge in [0.15, 0.2) is 5.16 Å². The lowest BCUT2D eigenvalue weighted by Gasteiger charge is -2.10. The number of hydrogen-bond donors (Lipinski definition) is 1. The Hall–Kier alpha value is -2.60. The average molecular weight is 369 g/mol. The van der Waals surface area contributed by atoms with Crippen LogP contribution in [0.15, 0.2) is 53.9 Å². The number of halogens is 1. The largest absolute Gasteiger partial charge is 0.323 e. The Balaban J connectivity index is 1.68. The first-order valence-corrected chi connectivity index (χ1v) is 9.22. The maximum Gasteiger partial charge on any atom is 0.234 e. The van der Waals surface area contributed by atoms with Crippen molar-refractivity contribution in [1.29, 1.82) is 0 Å². The van der Waals surface area contributed by atoms with Gasteiger partial charge in [-0.15, -0.1) is 0 Å². The van der Waals surface area contributed by atoms with E-state index in [1.807, 2.05) is 16.8 Å². The van der Waals surface area contributed by atoms with Gasteiger partial charge in [0.1, 0.15) is 5.82 Å². The van der Waals surface area contributed by atoms with Crippen molar-refractivity contribution in [3.8, 4) is 5.69 Å². The second-order valence-corrected chi connectivity index (χ2v) is 7.11. The van der Waals surface area contributed by atoms with Crippen LogP contribution in [0, 0.1) is 26.6 Å². The molecule has 1 heterocycles. The molecule has 3 rings (SSSR count). The van der Waals surface area contributed by atoms with Gasteiger partial charge in [0, 0.05) is 18.1 Å². The lowest BCUT2D eigenvalue weighted by molar-refractivity contribution is -0.113. The van der Waals surface area contributed by atoms with Crippen LogP contribution in [-0.2, 0) is 4.79 Å². The first-order chi connectivity index (χ1) is 12.4. The topological polar surface area (TPSA) is 46.9 Å². The normalized spacial score (nSPS) is 10.8. The Bertz CT molecular complexity index is 952. The van der Waals surface area contributed by atoms with Crippen LogP contribution in [0.1, 0.15) is 16.7 Å². The molecular weight excluding hydrogens is 349 g/mol. The smallest absolute Gasteiger partial charge is 0.234 e. The lowest BCUT2D eigenvalue weighted by Crippen LogP contribution is -2.15. The zero-order valence-electron chi connectivity index (χ0n) is 14.9. The number of carbonyl (C=O) groups is 1. The number of nitrogens with zero attached hydrogens (tertiary/aromatic N) is 2. The van der Waals surface area contributed by atoms with Crippen molar-refractivity contribution >= 4 is 23.4 Å². The molecule has 1 N–H and O–H groups in total. The van der Waals surface area contributed by atoms with E-state index in [-0.39, 0.29) is 17.3 Å². The number of amides is 1. The molecule has 0 unspecified atom stereocenters. The van der Waals surface area contributed by atoms with Crippen molar-refractivity contribution in [3.63, 3.8) is 0 Å². The van der Waals surface area contributed by atoms with Crippen molar-refractivity contribution in [2.75, 3.05) is 11.1 Å². The number of thioether (sulfide) groups is 1. The minimum atomic E-state index is -0.431. The molecule has 134 valence electrons. The summed E-state index contributed by atoms with van der Waals surface area (Å²) in [5, 5.41) is 3.32. The molecule has 6 heteroatoms. The van der Waals surface area contributed by atoms with Gasteiger partial charge in [0.05, 0.1) is 11.4 Å². The number of aromatic nitrogens is 2. The predicted molar refractivity (Wildman–Crippen MR) is 104 cm³/mol. The number of nitrogens with one attached hydrogen (secondary N) is 1. The standard InChI is InChI=1S/C20H20FN3OS/c1-13-4-7-18(17(21)10-13)23-19(25)12-26-20-22-8-9-24(20)16-6-5-14(2)15(3)11-16/h4-11H,12H2,1-3H3,(H,23,25). The third kappa shape index (κ3) is 4.14.